The van der Waals surface area contributed by atoms with Gasteiger partial charge in [-0.25, -0.2) is 0 Å². The van der Waals surface area contributed by atoms with Crippen LogP contribution in [0.2, 0.25) is 0 Å². The van der Waals surface area contributed by atoms with Crippen LogP contribution in [-0.4, -0.2) is 87.5 Å². The van der Waals surface area contributed by atoms with E-state index in [1.54, 1.807) is 0 Å². The normalized spacial score (nSPS) is 18.0. The molecule has 84 heavy (non-hydrogen) atoms. The van der Waals surface area contributed by atoms with Gasteiger partial charge in [0.15, 0.2) is 6.29 Å². The standard InChI is InChI=1S/C75H149NO8/c1-3-5-7-9-11-13-15-17-19-21-23-25-27-28-29-30-31-32-33-34-35-36-37-38-39-40-41-43-45-47-49-51-53-55-57-59-61-63-65-71(79)76-68(67-83-75-74(82)73(81)72(80)70(66-77)84-75)69(78)64-62-60-58-56-54-52-50-48-46-44-42-26-24-22-20-18-16-14-12-10-8-6-4-2/h68-70,72-75,77-78,80-82H,3-67H2,1-2H3,(H,76,79). The minimum Gasteiger partial charge on any atom is -0.394 e. The lowest BCUT2D eigenvalue weighted by molar-refractivity contribution is -0.302. The van der Waals surface area contributed by atoms with Gasteiger partial charge in [0.1, 0.15) is 24.4 Å². The van der Waals surface area contributed by atoms with Gasteiger partial charge in [-0.15, -0.1) is 0 Å². The molecule has 502 valence electrons. The highest BCUT2D eigenvalue weighted by atomic mass is 16.7. The van der Waals surface area contributed by atoms with Gasteiger partial charge >= 0.3 is 0 Å². The lowest BCUT2D eigenvalue weighted by Crippen LogP contribution is -2.60. The van der Waals surface area contributed by atoms with Crippen LogP contribution in [0.25, 0.3) is 0 Å². The average Bonchev–Trinajstić information content (AvgIpc) is 3.57. The Kier molecular flexibility index (Phi) is 63.0. The number of hydrogen-bond donors (Lipinski definition) is 6. The molecule has 1 aliphatic rings. The SMILES string of the molecule is CCCCCCCCCCCCCCCCCCCCCCCCCCCCCCCCCCCCCCCCC(=O)NC(COC1OC(CO)C(O)C(O)C1O)C(O)CCCCCCCCCCCCCCCCCCCCCCCCC. The number of hydrogen-bond acceptors (Lipinski definition) is 8. The van der Waals surface area contributed by atoms with Crippen LogP contribution in [0, 0.1) is 0 Å². The van der Waals surface area contributed by atoms with E-state index in [-0.39, 0.29) is 12.5 Å². The first-order chi connectivity index (χ1) is 41.3. The summed E-state index contributed by atoms with van der Waals surface area (Å²) in [5.74, 6) is -0.132. The van der Waals surface area contributed by atoms with E-state index in [0.717, 1.165) is 38.5 Å². The van der Waals surface area contributed by atoms with Crippen LogP contribution >= 0.6 is 0 Å². The van der Waals surface area contributed by atoms with E-state index in [0.29, 0.717) is 12.8 Å². The molecule has 0 aliphatic carbocycles. The summed E-state index contributed by atoms with van der Waals surface area (Å²) in [7, 11) is 0. The van der Waals surface area contributed by atoms with E-state index in [1.165, 1.54) is 353 Å². The predicted molar refractivity (Wildman–Crippen MR) is 360 cm³/mol. The third kappa shape index (κ3) is 53.1. The maximum Gasteiger partial charge on any atom is 0.220 e. The van der Waals surface area contributed by atoms with Crippen molar-refractivity contribution < 1.29 is 39.8 Å². The Labute approximate surface area is 523 Å². The molecular weight excluding hydrogens is 1040 g/mol. The van der Waals surface area contributed by atoms with E-state index >= 15 is 0 Å². The Balaban J connectivity index is 2.02. The monoisotopic (exact) mass is 1190 g/mol. The molecule has 0 aromatic heterocycles. The number of carbonyl (C=O) groups excluding carboxylic acids is 1. The molecule has 1 fully saturated rings. The van der Waals surface area contributed by atoms with Crippen LogP contribution in [0.5, 0.6) is 0 Å². The fourth-order valence-corrected chi connectivity index (χ4v) is 13.0. The zero-order chi connectivity index (χ0) is 60.7. The first-order valence-electron chi connectivity index (χ1n) is 38.2. The third-order valence-corrected chi connectivity index (χ3v) is 19.0. The van der Waals surface area contributed by atoms with Gasteiger partial charge in [-0.2, -0.15) is 0 Å². The molecule has 1 saturated heterocycles. The molecule has 1 heterocycles. The second-order valence-corrected chi connectivity index (χ2v) is 27.2. The predicted octanol–water partition coefficient (Wildman–Crippen LogP) is 21.3. The van der Waals surface area contributed by atoms with Crippen molar-refractivity contribution in [1.82, 2.24) is 5.32 Å². The summed E-state index contributed by atoms with van der Waals surface area (Å²) in [6.45, 7) is 3.91. The van der Waals surface area contributed by atoms with Crippen molar-refractivity contribution in [3.63, 3.8) is 0 Å². The molecule has 6 N–H and O–H groups in total. The quantitative estimate of drug-likeness (QED) is 0.0330. The molecule has 0 radical (unpaired) electrons. The summed E-state index contributed by atoms with van der Waals surface area (Å²) in [4.78, 5) is 13.2. The minimum absolute atomic E-state index is 0.130. The molecule has 9 heteroatoms. The van der Waals surface area contributed by atoms with Gasteiger partial charge in [-0.1, -0.05) is 399 Å². The largest absolute Gasteiger partial charge is 0.394 e. The fraction of sp³-hybridized carbons (Fsp3) is 0.987. The third-order valence-electron chi connectivity index (χ3n) is 19.0. The molecule has 0 bridgehead atoms. The number of ether oxygens (including phenoxy) is 2. The molecule has 7 atom stereocenters. The zero-order valence-electron chi connectivity index (χ0n) is 56.5. The molecule has 0 saturated carbocycles. The summed E-state index contributed by atoms with van der Waals surface area (Å²) >= 11 is 0. The lowest BCUT2D eigenvalue weighted by Gasteiger charge is -2.40. The summed E-state index contributed by atoms with van der Waals surface area (Å²) in [5.41, 5.74) is 0. The van der Waals surface area contributed by atoms with Crippen molar-refractivity contribution in [2.75, 3.05) is 13.2 Å². The van der Waals surface area contributed by atoms with Gasteiger partial charge in [-0.05, 0) is 12.8 Å². The molecule has 0 aromatic rings. The molecule has 0 spiro atoms. The summed E-state index contributed by atoms with van der Waals surface area (Å²) in [6, 6.07) is -0.715. The Bertz CT molecular complexity index is 1290. The summed E-state index contributed by atoms with van der Waals surface area (Å²) < 4.78 is 11.4. The van der Waals surface area contributed by atoms with Crippen LogP contribution in [0.3, 0.4) is 0 Å². The van der Waals surface area contributed by atoms with Crippen LogP contribution in [0.4, 0.5) is 0 Å². The van der Waals surface area contributed by atoms with E-state index in [1.807, 2.05) is 0 Å². The molecule has 1 rings (SSSR count). The smallest absolute Gasteiger partial charge is 0.220 e. The average molecular weight is 1190 g/mol. The molecule has 7 unspecified atom stereocenters. The number of aliphatic hydroxyl groups is 5. The maximum absolute atomic E-state index is 13.2. The highest BCUT2D eigenvalue weighted by Gasteiger charge is 2.44. The van der Waals surface area contributed by atoms with Crippen LogP contribution < -0.4 is 5.32 Å². The number of amides is 1. The fourth-order valence-electron chi connectivity index (χ4n) is 13.0. The van der Waals surface area contributed by atoms with E-state index in [4.69, 9.17) is 9.47 Å². The first kappa shape index (κ1) is 81.2. The van der Waals surface area contributed by atoms with E-state index < -0.39 is 49.5 Å². The number of unbranched alkanes of at least 4 members (excludes halogenated alkanes) is 59. The number of rotatable bonds is 69. The topological polar surface area (TPSA) is 149 Å². The first-order valence-corrected chi connectivity index (χ1v) is 38.2. The molecule has 1 aliphatic heterocycles. The van der Waals surface area contributed by atoms with Crippen molar-refractivity contribution in [2.24, 2.45) is 0 Å². The van der Waals surface area contributed by atoms with Crippen molar-refractivity contribution in [2.45, 2.75) is 461 Å². The van der Waals surface area contributed by atoms with Gasteiger partial charge in [-0.3, -0.25) is 4.79 Å². The highest BCUT2D eigenvalue weighted by Crippen LogP contribution is 2.24. The zero-order valence-corrected chi connectivity index (χ0v) is 56.5. The Morgan fingerprint density at radius 2 is 0.595 bits per heavy atom. The van der Waals surface area contributed by atoms with Gasteiger partial charge in [0.2, 0.25) is 5.91 Å². The molecule has 0 aromatic carbocycles. The number of nitrogens with one attached hydrogen (secondary N) is 1. The molecule has 9 nitrogen and oxygen atoms in total. The van der Waals surface area contributed by atoms with Crippen LogP contribution in [0.1, 0.15) is 418 Å². The van der Waals surface area contributed by atoms with E-state index in [2.05, 4.69) is 19.2 Å². The number of aliphatic hydroxyl groups excluding tert-OH is 5. The second-order valence-electron chi connectivity index (χ2n) is 27.2. The van der Waals surface area contributed by atoms with Crippen LogP contribution in [-0.2, 0) is 14.3 Å². The van der Waals surface area contributed by atoms with Crippen molar-refractivity contribution in [3.8, 4) is 0 Å². The van der Waals surface area contributed by atoms with Gasteiger partial charge in [0, 0.05) is 6.42 Å². The van der Waals surface area contributed by atoms with Crippen molar-refractivity contribution in [3.05, 3.63) is 0 Å². The Hall–Kier alpha value is -0.810. The number of carbonyl (C=O) groups is 1. The van der Waals surface area contributed by atoms with Gasteiger partial charge < -0.3 is 40.3 Å². The van der Waals surface area contributed by atoms with Crippen molar-refractivity contribution >= 4 is 5.91 Å². The van der Waals surface area contributed by atoms with Gasteiger partial charge in [0.25, 0.3) is 0 Å². The summed E-state index contributed by atoms with van der Waals surface area (Å²) in [6.07, 6.45) is 76.4. The van der Waals surface area contributed by atoms with Crippen LogP contribution in [0.15, 0.2) is 0 Å². The highest BCUT2D eigenvalue weighted by molar-refractivity contribution is 5.76. The van der Waals surface area contributed by atoms with E-state index in [9.17, 15) is 30.3 Å². The Morgan fingerprint density at radius 1 is 0.357 bits per heavy atom. The van der Waals surface area contributed by atoms with Gasteiger partial charge in [0.05, 0.1) is 25.4 Å². The maximum atomic E-state index is 13.2. The molecule has 1 amide bonds. The molecular formula is C75H149NO8. The Morgan fingerprint density at radius 3 is 0.845 bits per heavy atom. The lowest BCUT2D eigenvalue weighted by atomic mass is 9.99. The minimum atomic E-state index is -1.55. The second kappa shape index (κ2) is 65.2. The summed E-state index contributed by atoms with van der Waals surface area (Å²) in [5, 5.41) is 55.0. The van der Waals surface area contributed by atoms with Crippen molar-refractivity contribution in [1.29, 1.82) is 0 Å².